The average Bonchev–Trinajstić information content (AvgIpc) is 3.27. The van der Waals surface area contributed by atoms with Gasteiger partial charge in [0.05, 0.1) is 11.3 Å². The lowest BCUT2D eigenvalue weighted by Crippen LogP contribution is -2.45. The number of anilines is 3. The van der Waals surface area contributed by atoms with Gasteiger partial charge in [0.25, 0.3) is 0 Å². The smallest absolute Gasteiger partial charge is 0.238 e. The molecule has 1 aromatic carbocycles. The van der Waals surface area contributed by atoms with Crippen LogP contribution >= 0.6 is 0 Å². The summed E-state index contributed by atoms with van der Waals surface area (Å²) in [6, 6.07) is 6.37. The van der Waals surface area contributed by atoms with Crippen molar-refractivity contribution < 1.29 is 9.59 Å². The summed E-state index contributed by atoms with van der Waals surface area (Å²) in [5.74, 6) is 0.451. The van der Waals surface area contributed by atoms with Crippen LogP contribution in [-0.4, -0.2) is 110 Å². The number of likely N-dealkylation sites (N-methyl/N-ethyl adjacent to an activating group) is 2. The van der Waals surface area contributed by atoms with Crippen LogP contribution in [0.2, 0.25) is 0 Å². The van der Waals surface area contributed by atoms with Crippen LogP contribution < -0.4 is 15.5 Å². The Balaban J connectivity index is 1.45. The van der Waals surface area contributed by atoms with Crippen LogP contribution in [0.15, 0.2) is 29.5 Å². The number of hydrogen-bond acceptors (Lipinski definition) is 9. The molecule has 0 spiro atoms. The molecule has 2 aromatic rings. The van der Waals surface area contributed by atoms with Gasteiger partial charge in [-0.3, -0.25) is 14.6 Å². The van der Waals surface area contributed by atoms with Crippen molar-refractivity contribution in [2.24, 2.45) is 4.99 Å². The molecular formula is C29H41N9O2. The quantitative estimate of drug-likeness (QED) is 0.561. The standard InChI is InChI=1S/C29H41N9O2/c1-35-13-15-38(16-14-35)24-9-8-22-17-21(24)19-36(2)11-6-4-5-7-25(39)37(3)12-10-30-27-26-23(18-31-22)29(40)34-28(26)33-20-32-27/h8-9,17-18,20,23H,4-7,10-16,19H2,1-3H3,(H2,30,32,33,34,40). The van der Waals surface area contributed by atoms with Gasteiger partial charge in [0.15, 0.2) is 0 Å². The number of carbonyl (C=O) groups is 2. The third kappa shape index (κ3) is 6.59. The van der Waals surface area contributed by atoms with Crippen LogP contribution in [-0.2, 0) is 16.1 Å². The maximum Gasteiger partial charge on any atom is 0.238 e. The van der Waals surface area contributed by atoms with Crippen molar-refractivity contribution in [1.82, 2.24) is 24.7 Å². The molecule has 214 valence electrons. The van der Waals surface area contributed by atoms with Crippen molar-refractivity contribution in [3.63, 3.8) is 0 Å². The van der Waals surface area contributed by atoms with E-state index in [1.807, 2.05) is 13.1 Å². The van der Waals surface area contributed by atoms with Crippen molar-refractivity contribution >= 4 is 41.0 Å². The molecule has 2 bridgehead atoms. The van der Waals surface area contributed by atoms with E-state index >= 15 is 0 Å². The Bertz CT molecular complexity index is 1240. The molecule has 0 aliphatic carbocycles. The van der Waals surface area contributed by atoms with Crippen LogP contribution in [0.3, 0.4) is 0 Å². The van der Waals surface area contributed by atoms with Gasteiger partial charge in [-0.05, 0) is 57.2 Å². The molecule has 3 aliphatic rings. The first kappa shape index (κ1) is 28.0. The van der Waals surface area contributed by atoms with Crippen LogP contribution in [0.1, 0.15) is 42.7 Å². The number of nitrogens with zero attached hydrogens (tertiary/aromatic N) is 7. The van der Waals surface area contributed by atoms with Gasteiger partial charge < -0.3 is 30.2 Å². The zero-order valence-corrected chi connectivity index (χ0v) is 23.9. The van der Waals surface area contributed by atoms with E-state index in [1.165, 1.54) is 17.6 Å². The molecule has 0 saturated carbocycles. The van der Waals surface area contributed by atoms with E-state index in [2.05, 4.69) is 61.5 Å². The molecular weight excluding hydrogens is 506 g/mol. The summed E-state index contributed by atoms with van der Waals surface area (Å²) in [6.45, 7) is 6.90. The summed E-state index contributed by atoms with van der Waals surface area (Å²) < 4.78 is 0. The monoisotopic (exact) mass is 547 g/mol. The highest BCUT2D eigenvalue weighted by Crippen LogP contribution is 2.35. The van der Waals surface area contributed by atoms with E-state index in [-0.39, 0.29) is 11.8 Å². The summed E-state index contributed by atoms with van der Waals surface area (Å²) in [6.07, 6.45) is 6.64. The first-order valence-corrected chi connectivity index (χ1v) is 14.3. The molecule has 1 fully saturated rings. The fraction of sp³-hybridized carbons (Fsp3) is 0.552. The second-order valence-electron chi connectivity index (χ2n) is 11.1. The highest BCUT2D eigenvalue weighted by molar-refractivity contribution is 6.13. The number of piperazine rings is 1. The van der Waals surface area contributed by atoms with Gasteiger partial charge in [0.2, 0.25) is 11.8 Å². The Labute approximate surface area is 236 Å². The number of hydrogen-bond donors (Lipinski definition) is 2. The number of rotatable bonds is 1. The second-order valence-corrected chi connectivity index (χ2v) is 11.1. The number of fused-ring (bicyclic) bond motifs is 2. The number of benzene rings is 1. The Morgan fingerprint density at radius 1 is 0.875 bits per heavy atom. The minimum atomic E-state index is -0.605. The number of nitrogens with one attached hydrogen (secondary N) is 2. The molecule has 11 heteroatoms. The lowest BCUT2D eigenvalue weighted by atomic mass is 10.0. The van der Waals surface area contributed by atoms with Gasteiger partial charge in [-0.25, -0.2) is 9.97 Å². The number of amides is 2. The molecule has 1 unspecified atom stereocenters. The van der Waals surface area contributed by atoms with E-state index in [0.717, 1.165) is 64.2 Å². The predicted octanol–water partition coefficient (Wildman–Crippen LogP) is 2.54. The van der Waals surface area contributed by atoms with Crippen LogP contribution in [0.25, 0.3) is 0 Å². The first-order chi connectivity index (χ1) is 19.4. The molecule has 40 heavy (non-hydrogen) atoms. The number of aromatic nitrogens is 2. The predicted molar refractivity (Wildman–Crippen MR) is 159 cm³/mol. The molecule has 1 aromatic heterocycles. The average molecular weight is 548 g/mol. The fourth-order valence-corrected chi connectivity index (χ4v) is 5.56. The van der Waals surface area contributed by atoms with Crippen LogP contribution in [0.4, 0.5) is 23.0 Å². The molecule has 5 rings (SSSR count). The highest BCUT2D eigenvalue weighted by Gasteiger charge is 2.34. The molecule has 2 N–H and O–H groups in total. The normalized spacial score (nSPS) is 22.0. The second kappa shape index (κ2) is 12.7. The summed E-state index contributed by atoms with van der Waals surface area (Å²) in [5.41, 5.74) is 3.99. The van der Waals surface area contributed by atoms with Crippen LogP contribution in [0, 0.1) is 0 Å². The van der Waals surface area contributed by atoms with Crippen molar-refractivity contribution in [2.75, 3.05) is 82.5 Å². The SMILES string of the molecule is CN1CCN(c2ccc3cc2CN(C)CCCCCC(=O)N(C)CCNc2ncnc4c2C(C=N3)C(=O)N4)CC1. The maximum absolute atomic E-state index is 12.9. The van der Waals surface area contributed by atoms with E-state index in [0.29, 0.717) is 36.7 Å². The van der Waals surface area contributed by atoms with Crippen LogP contribution in [0.5, 0.6) is 0 Å². The van der Waals surface area contributed by atoms with Crippen molar-refractivity contribution in [2.45, 2.75) is 38.1 Å². The third-order valence-corrected chi connectivity index (χ3v) is 8.03. The maximum atomic E-state index is 12.9. The highest BCUT2D eigenvalue weighted by atomic mass is 16.2. The van der Waals surface area contributed by atoms with E-state index in [4.69, 9.17) is 4.99 Å². The fourth-order valence-electron chi connectivity index (χ4n) is 5.56. The third-order valence-electron chi connectivity index (χ3n) is 8.03. The van der Waals surface area contributed by atoms with Gasteiger partial charge in [-0.2, -0.15) is 0 Å². The van der Waals surface area contributed by atoms with Crippen molar-refractivity contribution in [1.29, 1.82) is 0 Å². The largest absolute Gasteiger partial charge is 0.369 e. The molecule has 4 heterocycles. The Morgan fingerprint density at radius 3 is 2.50 bits per heavy atom. The molecule has 0 radical (unpaired) electrons. The molecule has 3 aliphatic heterocycles. The summed E-state index contributed by atoms with van der Waals surface area (Å²) in [7, 11) is 6.16. The Hall–Kier alpha value is -3.57. The van der Waals surface area contributed by atoms with Gasteiger partial charge in [-0.15, -0.1) is 0 Å². The van der Waals surface area contributed by atoms with Gasteiger partial charge in [-0.1, -0.05) is 6.42 Å². The van der Waals surface area contributed by atoms with E-state index in [1.54, 1.807) is 11.1 Å². The van der Waals surface area contributed by atoms with Gasteiger partial charge in [0, 0.05) is 71.2 Å². The minimum absolute atomic E-state index is 0.146. The zero-order valence-electron chi connectivity index (χ0n) is 23.9. The van der Waals surface area contributed by atoms with E-state index in [9.17, 15) is 9.59 Å². The molecule has 2 amide bonds. The zero-order chi connectivity index (χ0) is 28.1. The Kier molecular flexibility index (Phi) is 8.91. The Morgan fingerprint density at radius 2 is 1.68 bits per heavy atom. The lowest BCUT2D eigenvalue weighted by molar-refractivity contribution is -0.129. The summed E-state index contributed by atoms with van der Waals surface area (Å²) >= 11 is 0. The summed E-state index contributed by atoms with van der Waals surface area (Å²) in [4.78, 5) is 48.0. The minimum Gasteiger partial charge on any atom is -0.369 e. The number of aliphatic imine (C=N–C) groups is 1. The van der Waals surface area contributed by atoms with Crippen molar-refractivity contribution in [3.05, 3.63) is 35.7 Å². The van der Waals surface area contributed by atoms with Gasteiger partial charge >= 0.3 is 0 Å². The van der Waals surface area contributed by atoms with E-state index < -0.39 is 5.92 Å². The first-order valence-electron chi connectivity index (χ1n) is 14.3. The van der Waals surface area contributed by atoms with Gasteiger partial charge in [0.1, 0.15) is 23.9 Å². The van der Waals surface area contributed by atoms with Crippen molar-refractivity contribution in [3.8, 4) is 0 Å². The number of carbonyl (C=O) groups excluding carboxylic acids is 2. The topological polar surface area (TPSA) is 109 Å². The molecule has 1 atom stereocenters. The molecule has 1 saturated heterocycles. The summed E-state index contributed by atoms with van der Waals surface area (Å²) in [5, 5.41) is 6.18. The molecule has 11 nitrogen and oxygen atoms in total. The lowest BCUT2D eigenvalue weighted by Gasteiger charge is -2.35.